The van der Waals surface area contributed by atoms with Crippen LogP contribution in [-0.2, 0) is 9.53 Å². The fourth-order valence-corrected chi connectivity index (χ4v) is 3.74. The number of carbonyl (C=O) groups excluding carboxylic acids is 1. The summed E-state index contributed by atoms with van der Waals surface area (Å²) in [6.45, 7) is 3.44. The van der Waals surface area contributed by atoms with Gasteiger partial charge in [-0.25, -0.2) is 0 Å². The van der Waals surface area contributed by atoms with E-state index in [1.54, 1.807) is 29.2 Å². The van der Waals surface area contributed by atoms with Gasteiger partial charge in [0.1, 0.15) is 4.32 Å². The van der Waals surface area contributed by atoms with E-state index in [4.69, 9.17) is 21.7 Å². The molecule has 24 heavy (non-hydrogen) atoms. The Hall–Kier alpha value is -1.61. The molecule has 1 amide bonds. The molecule has 2 heterocycles. The molecule has 8 heteroatoms. The Labute approximate surface area is 150 Å². The van der Waals surface area contributed by atoms with Crippen LogP contribution >= 0.6 is 24.0 Å². The molecular formula is C16H18N2O4S2. The van der Waals surface area contributed by atoms with E-state index in [1.807, 2.05) is 0 Å². The van der Waals surface area contributed by atoms with Gasteiger partial charge in [-0.3, -0.25) is 14.6 Å². The number of ether oxygens (including phenoxy) is 2. The van der Waals surface area contributed by atoms with Crippen molar-refractivity contribution in [1.82, 2.24) is 9.80 Å². The monoisotopic (exact) mass is 366 g/mol. The van der Waals surface area contributed by atoms with Gasteiger partial charge in [-0.2, -0.15) is 0 Å². The molecule has 0 aromatic heterocycles. The molecule has 2 saturated heterocycles. The summed E-state index contributed by atoms with van der Waals surface area (Å²) in [5.41, 5.74) is 0.775. The number of carbonyl (C=O) groups is 1. The molecular weight excluding hydrogens is 348 g/mol. The average molecular weight is 366 g/mol. The van der Waals surface area contributed by atoms with Crippen LogP contribution in [0, 0.1) is 0 Å². The predicted molar refractivity (Wildman–Crippen MR) is 96.9 cm³/mol. The van der Waals surface area contributed by atoms with Crippen LogP contribution in [0.4, 0.5) is 0 Å². The smallest absolute Gasteiger partial charge is 0.267 e. The van der Waals surface area contributed by atoms with Crippen molar-refractivity contribution in [3.8, 4) is 11.5 Å². The highest BCUT2D eigenvalue weighted by atomic mass is 32.2. The van der Waals surface area contributed by atoms with Gasteiger partial charge in [-0.15, -0.1) is 0 Å². The summed E-state index contributed by atoms with van der Waals surface area (Å²) in [6.07, 6.45) is 1.76. The van der Waals surface area contributed by atoms with Gasteiger partial charge in [0, 0.05) is 13.1 Å². The first-order chi connectivity index (χ1) is 11.6. The third kappa shape index (κ3) is 3.72. The van der Waals surface area contributed by atoms with Crippen molar-refractivity contribution in [2.75, 3.05) is 40.1 Å². The van der Waals surface area contributed by atoms with Crippen molar-refractivity contribution >= 4 is 40.3 Å². The SMILES string of the molecule is COc1cc(/C=C2\SC(=S)N(CN3CCOCC3)C2=O)ccc1O. The summed E-state index contributed by atoms with van der Waals surface area (Å²) in [7, 11) is 1.49. The van der Waals surface area contributed by atoms with Gasteiger partial charge in [0.05, 0.1) is 31.9 Å². The minimum absolute atomic E-state index is 0.0644. The molecule has 2 aliphatic heterocycles. The van der Waals surface area contributed by atoms with E-state index < -0.39 is 0 Å². The third-order valence-corrected chi connectivity index (χ3v) is 5.20. The molecule has 0 radical (unpaired) electrons. The van der Waals surface area contributed by atoms with E-state index >= 15 is 0 Å². The van der Waals surface area contributed by atoms with Crippen LogP contribution < -0.4 is 4.74 Å². The molecule has 1 N–H and O–H groups in total. The quantitative estimate of drug-likeness (QED) is 0.645. The molecule has 3 rings (SSSR count). The molecule has 0 aliphatic carbocycles. The number of thiocarbonyl (C=S) groups is 1. The summed E-state index contributed by atoms with van der Waals surface area (Å²) in [5, 5.41) is 9.65. The van der Waals surface area contributed by atoms with Gasteiger partial charge < -0.3 is 14.6 Å². The Balaban J connectivity index is 1.75. The molecule has 1 aromatic carbocycles. The first-order valence-corrected chi connectivity index (χ1v) is 8.73. The van der Waals surface area contributed by atoms with Crippen molar-refractivity contribution in [1.29, 1.82) is 0 Å². The molecule has 2 fully saturated rings. The highest BCUT2D eigenvalue weighted by Crippen LogP contribution is 2.34. The number of methoxy groups -OCH3 is 1. The number of aromatic hydroxyl groups is 1. The normalized spacial score (nSPS) is 20.9. The minimum atomic E-state index is -0.0940. The Morgan fingerprint density at radius 3 is 2.88 bits per heavy atom. The molecule has 0 atom stereocenters. The molecule has 0 saturated carbocycles. The van der Waals surface area contributed by atoms with E-state index in [0.29, 0.717) is 34.9 Å². The maximum Gasteiger partial charge on any atom is 0.267 e. The average Bonchev–Trinajstić information content (AvgIpc) is 2.85. The molecule has 0 spiro atoms. The maximum atomic E-state index is 12.6. The van der Waals surface area contributed by atoms with Crippen molar-refractivity contribution in [2.45, 2.75) is 0 Å². The third-order valence-electron chi connectivity index (χ3n) is 3.82. The summed E-state index contributed by atoms with van der Waals surface area (Å²) in [4.78, 5) is 17.0. The second-order valence-corrected chi connectivity index (χ2v) is 7.09. The highest BCUT2D eigenvalue weighted by molar-refractivity contribution is 8.26. The van der Waals surface area contributed by atoms with E-state index in [1.165, 1.54) is 18.9 Å². The van der Waals surface area contributed by atoms with Crippen LogP contribution in [0.1, 0.15) is 5.56 Å². The van der Waals surface area contributed by atoms with Gasteiger partial charge >= 0.3 is 0 Å². The lowest BCUT2D eigenvalue weighted by Gasteiger charge is -2.29. The maximum absolute atomic E-state index is 12.6. The Morgan fingerprint density at radius 1 is 1.42 bits per heavy atom. The summed E-state index contributed by atoms with van der Waals surface area (Å²) >= 11 is 6.64. The van der Waals surface area contributed by atoms with Crippen LogP contribution in [0.3, 0.4) is 0 Å². The van der Waals surface area contributed by atoms with Crippen LogP contribution in [0.5, 0.6) is 11.5 Å². The summed E-state index contributed by atoms with van der Waals surface area (Å²) in [5.74, 6) is 0.339. The van der Waals surface area contributed by atoms with Crippen molar-refractivity contribution in [3.05, 3.63) is 28.7 Å². The highest BCUT2D eigenvalue weighted by Gasteiger charge is 2.33. The number of thioether (sulfide) groups is 1. The largest absolute Gasteiger partial charge is 0.504 e. The van der Waals surface area contributed by atoms with Crippen LogP contribution in [0.25, 0.3) is 6.08 Å². The predicted octanol–water partition coefficient (Wildman–Crippen LogP) is 1.89. The molecule has 0 unspecified atom stereocenters. The summed E-state index contributed by atoms with van der Waals surface area (Å²) in [6, 6.07) is 4.95. The van der Waals surface area contributed by atoms with E-state index in [-0.39, 0.29) is 11.7 Å². The van der Waals surface area contributed by atoms with Gasteiger partial charge in [0.15, 0.2) is 11.5 Å². The Kier molecular flexibility index (Phi) is 5.40. The second kappa shape index (κ2) is 7.52. The lowest BCUT2D eigenvalue weighted by molar-refractivity contribution is -0.124. The molecule has 2 aliphatic rings. The fourth-order valence-electron chi connectivity index (χ4n) is 2.50. The molecule has 6 nitrogen and oxygen atoms in total. The Bertz CT molecular complexity index is 687. The van der Waals surface area contributed by atoms with Crippen molar-refractivity contribution < 1.29 is 19.4 Å². The number of morpholine rings is 1. The van der Waals surface area contributed by atoms with Gasteiger partial charge in [0.2, 0.25) is 0 Å². The number of benzene rings is 1. The fraction of sp³-hybridized carbons (Fsp3) is 0.375. The first kappa shape index (κ1) is 17.2. The standard InChI is InChI=1S/C16H18N2O4S2/c1-21-13-8-11(2-3-12(13)19)9-14-15(20)18(16(23)24-14)10-17-4-6-22-7-5-17/h2-3,8-9,19H,4-7,10H2,1H3/b14-9-. The van der Waals surface area contributed by atoms with E-state index in [0.717, 1.165) is 18.7 Å². The lowest BCUT2D eigenvalue weighted by atomic mass is 10.2. The van der Waals surface area contributed by atoms with Gasteiger partial charge in [0.25, 0.3) is 5.91 Å². The molecule has 128 valence electrons. The second-order valence-electron chi connectivity index (χ2n) is 5.41. The zero-order valence-corrected chi connectivity index (χ0v) is 14.9. The zero-order valence-electron chi connectivity index (χ0n) is 13.2. The number of phenolic OH excluding ortho intramolecular Hbond substituents is 1. The first-order valence-electron chi connectivity index (χ1n) is 7.51. The van der Waals surface area contributed by atoms with E-state index in [9.17, 15) is 9.90 Å². The van der Waals surface area contributed by atoms with Crippen molar-refractivity contribution in [3.63, 3.8) is 0 Å². The Morgan fingerprint density at radius 2 is 2.17 bits per heavy atom. The topological polar surface area (TPSA) is 62.2 Å². The number of phenols is 1. The van der Waals surface area contributed by atoms with Crippen LogP contribution in [-0.4, -0.2) is 65.2 Å². The van der Waals surface area contributed by atoms with Crippen LogP contribution in [0.15, 0.2) is 23.1 Å². The number of amides is 1. The number of nitrogens with zero attached hydrogens (tertiary/aromatic N) is 2. The number of hydrogen-bond donors (Lipinski definition) is 1. The van der Waals surface area contributed by atoms with E-state index in [2.05, 4.69) is 4.90 Å². The lowest BCUT2D eigenvalue weighted by Crippen LogP contribution is -2.45. The minimum Gasteiger partial charge on any atom is -0.504 e. The van der Waals surface area contributed by atoms with Crippen LogP contribution in [0.2, 0.25) is 0 Å². The number of rotatable bonds is 4. The molecule has 0 bridgehead atoms. The molecule has 1 aromatic rings. The van der Waals surface area contributed by atoms with Gasteiger partial charge in [-0.05, 0) is 23.8 Å². The summed E-state index contributed by atoms with van der Waals surface area (Å²) < 4.78 is 11.0. The zero-order chi connectivity index (χ0) is 17.1. The number of hydrogen-bond acceptors (Lipinski definition) is 7. The van der Waals surface area contributed by atoms with Crippen molar-refractivity contribution in [2.24, 2.45) is 0 Å². The van der Waals surface area contributed by atoms with Gasteiger partial charge in [-0.1, -0.05) is 30.0 Å².